The average Bonchev–Trinajstić information content (AvgIpc) is 2.75. The van der Waals surface area contributed by atoms with Crippen molar-refractivity contribution in [1.29, 1.82) is 0 Å². The molecule has 0 fully saturated rings. The molecule has 0 saturated carbocycles. The standard InChI is InChI=1S/C22H15BrN4O/c23-17-9-7-15(8-10-17)13-25-27-22(28)19-12-21(16-4-3-11-24-14-16)26-20-6-2-1-5-18(19)20/h1-14H,(H,27,28). The summed E-state index contributed by atoms with van der Waals surface area (Å²) in [4.78, 5) is 21.6. The topological polar surface area (TPSA) is 67.2 Å². The maximum absolute atomic E-state index is 12.8. The summed E-state index contributed by atoms with van der Waals surface area (Å²) >= 11 is 3.39. The van der Waals surface area contributed by atoms with Crippen LogP contribution in [0.4, 0.5) is 0 Å². The fourth-order valence-electron chi connectivity index (χ4n) is 2.80. The van der Waals surface area contributed by atoms with E-state index in [2.05, 4.69) is 36.4 Å². The molecule has 0 aliphatic carbocycles. The van der Waals surface area contributed by atoms with Gasteiger partial charge >= 0.3 is 0 Å². The largest absolute Gasteiger partial charge is 0.272 e. The minimum Gasteiger partial charge on any atom is -0.267 e. The molecule has 4 aromatic rings. The fourth-order valence-corrected chi connectivity index (χ4v) is 3.06. The number of carbonyl (C=O) groups is 1. The van der Waals surface area contributed by atoms with Gasteiger partial charge in [0.25, 0.3) is 5.91 Å². The summed E-state index contributed by atoms with van der Waals surface area (Å²) in [5.41, 5.74) is 6.29. The van der Waals surface area contributed by atoms with Crippen LogP contribution in [0, 0.1) is 0 Å². The zero-order chi connectivity index (χ0) is 19.3. The second-order valence-electron chi connectivity index (χ2n) is 6.06. The van der Waals surface area contributed by atoms with Gasteiger partial charge in [0, 0.05) is 27.8 Å². The van der Waals surface area contributed by atoms with Crippen LogP contribution in [0.1, 0.15) is 15.9 Å². The Morgan fingerprint density at radius 3 is 2.64 bits per heavy atom. The highest BCUT2D eigenvalue weighted by Crippen LogP contribution is 2.24. The average molecular weight is 431 g/mol. The molecule has 1 amide bonds. The molecule has 0 atom stereocenters. The van der Waals surface area contributed by atoms with Gasteiger partial charge in [0.15, 0.2) is 0 Å². The highest BCUT2D eigenvalue weighted by Gasteiger charge is 2.13. The lowest BCUT2D eigenvalue weighted by Gasteiger charge is -2.08. The number of amides is 1. The quantitative estimate of drug-likeness (QED) is 0.372. The van der Waals surface area contributed by atoms with Gasteiger partial charge in [0.2, 0.25) is 0 Å². The fraction of sp³-hybridized carbons (Fsp3) is 0. The summed E-state index contributed by atoms with van der Waals surface area (Å²) in [5, 5.41) is 4.85. The van der Waals surface area contributed by atoms with E-state index in [1.54, 1.807) is 24.7 Å². The van der Waals surface area contributed by atoms with E-state index in [-0.39, 0.29) is 5.91 Å². The summed E-state index contributed by atoms with van der Waals surface area (Å²) in [7, 11) is 0. The number of aromatic nitrogens is 2. The van der Waals surface area contributed by atoms with E-state index >= 15 is 0 Å². The summed E-state index contributed by atoms with van der Waals surface area (Å²) < 4.78 is 0.986. The predicted octanol–water partition coefficient (Wildman–Crippen LogP) is 4.82. The Labute approximate surface area is 170 Å². The highest BCUT2D eigenvalue weighted by atomic mass is 79.9. The zero-order valence-corrected chi connectivity index (χ0v) is 16.3. The first-order chi connectivity index (χ1) is 13.7. The van der Waals surface area contributed by atoms with Crippen LogP contribution in [0.5, 0.6) is 0 Å². The van der Waals surface area contributed by atoms with Crippen molar-refractivity contribution in [3.05, 3.63) is 94.7 Å². The van der Waals surface area contributed by atoms with Gasteiger partial charge in [-0.1, -0.05) is 46.3 Å². The van der Waals surface area contributed by atoms with E-state index < -0.39 is 0 Å². The van der Waals surface area contributed by atoms with Crippen molar-refractivity contribution in [2.24, 2.45) is 5.10 Å². The lowest BCUT2D eigenvalue weighted by molar-refractivity contribution is 0.0957. The van der Waals surface area contributed by atoms with Crippen LogP contribution in [0.2, 0.25) is 0 Å². The van der Waals surface area contributed by atoms with Crippen LogP contribution in [0.3, 0.4) is 0 Å². The SMILES string of the molecule is O=C(NN=Cc1ccc(Br)cc1)c1cc(-c2cccnc2)nc2ccccc12. The van der Waals surface area contributed by atoms with Crippen LogP contribution in [0.25, 0.3) is 22.2 Å². The van der Waals surface area contributed by atoms with Gasteiger partial charge in [0.05, 0.1) is 23.0 Å². The molecule has 0 bridgehead atoms. The molecule has 136 valence electrons. The molecule has 0 spiro atoms. The van der Waals surface area contributed by atoms with Crippen molar-refractivity contribution in [1.82, 2.24) is 15.4 Å². The van der Waals surface area contributed by atoms with E-state index in [9.17, 15) is 4.79 Å². The Kier molecular flexibility index (Phi) is 5.21. The number of hydrogen-bond donors (Lipinski definition) is 1. The van der Waals surface area contributed by atoms with Gasteiger partial charge in [-0.2, -0.15) is 5.10 Å². The lowest BCUT2D eigenvalue weighted by atomic mass is 10.0. The van der Waals surface area contributed by atoms with Crippen molar-refractivity contribution < 1.29 is 4.79 Å². The number of carbonyl (C=O) groups excluding carboxylic acids is 1. The molecule has 6 heteroatoms. The van der Waals surface area contributed by atoms with Crippen molar-refractivity contribution in [2.75, 3.05) is 0 Å². The maximum atomic E-state index is 12.8. The number of hydrazone groups is 1. The molecule has 2 aromatic carbocycles. The number of nitrogens with zero attached hydrogens (tertiary/aromatic N) is 3. The van der Waals surface area contributed by atoms with E-state index in [0.29, 0.717) is 11.3 Å². The Balaban J connectivity index is 1.66. The number of hydrogen-bond acceptors (Lipinski definition) is 4. The van der Waals surface area contributed by atoms with Crippen LogP contribution >= 0.6 is 15.9 Å². The Morgan fingerprint density at radius 1 is 1.04 bits per heavy atom. The first kappa shape index (κ1) is 18.0. The molecule has 2 heterocycles. The first-order valence-electron chi connectivity index (χ1n) is 8.60. The van der Waals surface area contributed by atoms with E-state index in [1.165, 1.54) is 0 Å². The van der Waals surface area contributed by atoms with Gasteiger partial charge in [0.1, 0.15) is 0 Å². The summed E-state index contributed by atoms with van der Waals surface area (Å²) in [6.07, 6.45) is 5.04. The number of halogens is 1. The van der Waals surface area contributed by atoms with Crippen molar-refractivity contribution in [3.63, 3.8) is 0 Å². The number of para-hydroxylation sites is 1. The molecule has 5 nitrogen and oxygen atoms in total. The lowest BCUT2D eigenvalue weighted by Crippen LogP contribution is -2.18. The van der Waals surface area contributed by atoms with Crippen LogP contribution in [-0.2, 0) is 0 Å². The van der Waals surface area contributed by atoms with Crippen molar-refractivity contribution in [3.8, 4) is 11.3 Å². The molecule has 0 aliphatic rings. The third-order valence-electron chi connectivity index (χ3n) is 4.17. The van der Waals surface area contributed by atoms with Gasteiger partial charge in [-0.15, -0.1) is 0 Å². The van der Waals surface area contributed by atoms with Crippen LogP contribution < -0.4 is 5.43 Å². The normalized spacial score (nSPS) is 11.0. The number of pyridine rings is 2. The molecule has 1 N–H and O–H groups in total. The minimum atomic E-state index is -0.294. The smallest absolute Gasteiger partial charge is 0.267 e. The number of benzene rings is 2. The molecule has 0 unspecified atom stereocenters. The van der Waals surface area contributed by atoms with Crippen LogP contribution in [-0.4, -0.2) is 22.1 Å². The summed E-state index contributed by atoms with van der Waals surface area (Å²) in [6.45, 7) is 0. The van der Waals surface area contributed by atoms with Gasteiger partial charge < -0.3 is 0 Å². The van der Waals surface area contributed by atoms with E-state index in [1.807, 2.05) is 60.7 Å². The molecule has 0 aliphatic heterocycles. The summed E-state index contributed by atoms with van der Waals surface area (Å²) in [5.74, 6) is -0.294. The Morgan fingerprint density at radius 2 is 1.86 bits per heavy atom. The molecule has 28 heavy (non-hydrogen) atoms. The molecular weight excluding hydrogens is 416 g/mol. The second-order valence-corrected chi connectivity index (χ2v) is 6.98. The molecule has 4 rings (SSSR count). The number of nitrogens with one attached hydrogen (secondary N) is 1. The Hall–Kier alpha value is -3.38. The zero-order valence-electron chi connectivity index (χ0n) is 14.7. The monoisotopic (exact) mass is 430 g/mol. The van der Waals surface area contributed by atoms with Crippen molar-refractivity contribution in [2.45, 2.75) is 0 Å². The minimum absolute atomic E-state index is 0.294. The third-order valence-corrected chi connectivity index (χ3v) is 4.70. The molecule has 2 aromatic heterocycles. The molecule has 0 saturated heterocycles. The molecular formula is C22H15BrN4O. The first-order valence-corrected chi connectivity index (χ1v) is 9.39. The summed E-state index contributed by atoms with van der Waals surface area (Å²) in [6, 6.07) is 20.7. The van der Waals surface area contributed by atoms with Crippen LogP contribution in [0.15, 0.2) is 88.7 Å². The van der Waals surface area contributed by atoms with E-state index in [0.717, 1.165) is 26.5 Å². The molecule has 0 radical (unpaired) electrons. The van der Waals surface area contributed by atoms with Gasteiger partial charge in [-0.3, -0.25) is 9.78 Å². The van der Waals surface area contributed by atoms with E-state index in [4.69, 9.17) is 0 Å². The third kappa shape index (κ3) is 3.97. The number of fused-ring (bicyclic) bond motifs is 1. The van der Waals surface area contributed by atoms with Gasteiger partial charge in [-0.25, -0.2) is 10.4 Å². The van der Waals surface area contributed by atoms with Crippen molar-refractivity contribution >= 4 is 39.0 Å². The second kappa shape index (κ2) is 8.10. The highest BCUT2D eigenvalue weighted by molar-refractivity contribution is 9.10. The maximum Gasteiger partial charge on any atom is 0.272 e. The number of rotatable bonds is 4. The Bertz CT molecular complexity index is 1160. The predicted molar refractivity (Wildman–Crippen MR) is 114 cm³/mol. The van der Waals surface area contributed by atoms with Gasteiger partial charge in [-0.05, 0) is 42.0 Å².